The van der Waals surface area contributed by atoms with E-state index in [1.807, 2.05) is 0 Å². The average Bonchev–Trinajstić information content (AvgIpc) is 3.37. The maximum absolute atomic E-state index is 2.31. The Kier molecular flexibility index (Phi) is 11.8. The molecule has 0 saturated heterocycles. The molecule has 2 aromatic rings. The molecule has 10 radical (unpaired) electrons. The van der Waals surface area contributed by atoms with E-state index in [0.717, 1.165) is 0 Å². The summed E-state index contributed by atoms with van der Waals surface area (Å²) in [4.78, 5) is 2.28. The first kappa shape index (κ1) is 29.6. The molecule has 0 heterocycles. The van der Waals surface area contributed by atoms with Gasteiger partial charge in [-0.1, -0.05) is 95.3 Å². The van der Waals surface area contributed by atoms with Crippen LogP contribution in [-0.2, 0) is 17.1 Å². The molecule has 2 fully saturated rings. The standard InChI is InChI=1S/C21H23NP.C10H15.Fe/c1-17(22(2)3)20-15-10-16-21(20)23(18-11-6-4-7-12-18)19-13-8-5-9-14-19;1-6-7(2)9(4)10(5)8(6)3;/h4-17H,1-3H3;1-5H3;/q;;+2/t17-;;/m0../s1. The fourth-order valence-corrected chi connectivity index (χ4v) is 6.80. The number of rotatable bonds is 5. The van der Waals surface area contributed by atoms with Crippen molar-refractivity contribution in [2.45, 2.75) is 47.6 Å². The molecule has 0 unspecified atom stereocenters. The van der Waals surface area contributed by atoms with Crippen LogP contribution >= 0.6 is 7.92 Å². The van der Waals surface area contributed by atoms with Gasteiger partial charge < -0.3 is 4.90 Å². The van der Waals surface area contributed by atoms with E-state index in [-0.39, 0.29) is 17.1 Å². The van der Waals surface area contributed by atoms with Gasteiger partial charge in [-0.2, -0.15) is 0 Å². The summed E-state index contributed by atoms with van der Waals surface area (Å²) in [5.41, 5.74) is 1.47. The summed E-state index contributed by atoms with van der Waals surface area (Å²) < 4.78 is 0. The van der Waals surface area contributed by atoms with Crippen LogP contribution in [0.1, 0.15) is 41.5 Å². The van der Waals surface area contributed by atoms with Crippen molar-refractivity contribution in [2.24, 2.45) is 0 Å². The van der Waals surface area contributed by atoms with E-state index in [9.17, 15) is 0 Å². The molecule has 0 amide bonds. The van der Waals surface area contributed by atoms with Gasteiger partial charge in [-0.3, -0.25) is 0 Å². The smallest absolute Gasteiger partial charge is 0.306 e. The second-order valence-electron chi connectivity index (χ2n) is 9.14. The Morgan fingerprint density at radius 2 is 1.00 bits per heavy atom. The van der Waals surface area contributed by atoms with Crippen molar-refractivity contribution < 1.29 is 17.1 Å². The van der Waals surface area contributed by atoms with E-state index < -0.39 is 7.92 Å². The summed E-state index contributed by atoms with van der Waals surface area (Å²) in [5, 5.41) is 2.82. The minimum Gasteiger partial charge on any atom is -0.306 e. The van der Waals surface area contributed by atoms with Crippen LogP contribution in [0, 0.1) is 60.4 Å². The molecular weight excluding hydrogens is 473 g/mol. The van der Waals surface area contributed by atoms with Crippen molar-refractivity contribution in [1.82, 2.24) is 4.90 Å². The maximum Gasteiger partial charge on any atom is 2.00 e. The van der Waals surface area contributed by atoms with E-state index in [1.165, 1.54) is 51.8 Å². The van der Waals surface area contributed by atoms with Gasteiger partial charge in [0.1, 0.15) is 0 Å². The number of nitrogens with zero attached hydrogens (tertiary/aromatic N) is 1. The third-order valence-corrected chi connectivity index (χ3v) is 9.65. The SMILES string of the molecule is C[C@@H]([C]1[CH][CH][CH][C]1P(c1ccccc1)c1ccccc1)N(C)C.C[C]1[C](C)[C](C)[C](C)[C]1C.[Fe+2]. The van der Waals surface area contributed by atoms with Gasteiger partial charge in [-0.15, -0.1) is 0 Å². The molecule has 0 aliphatic heterocycles. The molecule has 1 nitrogen and oxygen atoms in total. The molecule has 4 rings (SSSR count). The fourth-order valence-electron chi connectivity index (χ4n) is 4.25. The first-order valence-electron chi connectivity index (χ1n) is 11.8. The normalized spacial score (nSPS) is 20.5. The Morgan fingerprint density at radius 1 is 0.618 bits per heavy atom. The first-order chi connectivity index (χ1) is 15.7. The summed E-state index contributed by atoms with van der Waals surface area (Å²) in [6.45, 7) is 13.3. The average molecular weight is 511 g/mol. The van der Waals surface area contributed by atoms with Crippen molar-refractivity contribution >= 4 is 18.5 Å². The minimum atomic E-state index is -0.514. The summed E-state index contributed by atoms with van der Waals surface area (Å²) in [5.74, 6) is 8.78. The zero-order chi connectivity index (χ0) is 24.1. The maximum atomic E-state index is 2.31. The second kappa shape index (κ2) is 13.6. The number of hydrogen-bond donors (Lipinski definition) is 0. The molecule has 0 N–H and O–H groups in total. The van der Waals surface area contributed by atoms with Crippen molar-refractivity contribution in [2.75, 3.05) is 14.1 Å². The van der Waals surface area contributed by atoms with E-state index >= 15 is 0 Å². The van der Waals surface area contributed by atoms with Crippen LogP contribution < -0.4 is 10.6 Å². The van der Waals surface area contributed by atoms with Gasteiger partial charge in [0.15, 0.2) is 0 Å². The van der Waals surface area contributed by atoms with Crippen LogP contribution in [0.25, 0.3) is 0 Å². The van der Waals surface area contributed by atoms with Crippen LogP contribution in [0.5, 0.6) is 0 Å². The molecule has 1 atom stereocenters. The van der Waals surface area contributed by atoms with Crippen LogP contribution in [0.4, 0.5) is 0 Å². The van der Waals surface area contributed by atoms with Crippen molar-refractivity contribution in [1.29, 1.82) is 0 Å². The van der Waals surface area contributed by atoms with Gasteiger partial charge in [0.2, 0.25) is 0 Å². The minimum absolute atomic E-state index is 0. The first-order valence-corrected chi connectivity index (χ1v) is 13.1. The molecule has 2 aromatic carbocycles. The van der Waals surface area contributed by atoms with E-state index in [0.29, 0.717) is 6.04 Å². The molecule has 34 heavy (non-hydrogen) atoms. The molecule has 178 valence electrons. The van der Waals surface area contributed by atoms with Crippen molar-refractivity contribution in [3.05, 3.63) is 121 Å². The summed E-state index contributed by atoms with van der Waals surface area (Å²) >= 11 is 0. The zero-order valence-electron chi connectivity index (χ0n) is 21.8. The predicted octanol–water partition coefficient (Wildman–Crippen LogP) is 6.77. The van der Waals surface area contributed by atoms with E-state index in [2.05, 4.69) is 140 Å². The van der Waals surface area contributed by atoms with Gasteiger partial charge >= 0.3 is 17.1 Å². The molecule has 2 aliphatic carbocycles. The molecule has 0 aromatic heterocycles. The van der Waals surface area contributed by atoms with Gasteiger partial charge in [-0.05, 0) is 88.4 Å². The number of benzene rings is 2. The number of hydrogen-bond acceptors (Lipinski definition) is 1. The largest absolute Gasteiger partial charge is 2.00 e. The van der Waals surface area contributed by atoms with Crippen LogP contribution in [-0.4, -0.2) is 25.0 Å². The Labute approximate surface area is 222 Å². The molecule has 3 heteroatoms. The van der Waals surface area contributed by atoms with Crippen LogP contribution in [0.3, 0.4) is 0 Å². The van der Waals surface area contributed by atoms with Gasteiger partial charge in [0.25, 0.3) is 0 Å². The molecule has 0 bridgehead atoms. The van der Waals surface area contributed by atoms with E-state index in [1.54, 1.807) is 0 Å². The zero-order valence-corrected chi connectivity index (χ0v) is 23.8. The third-order valence-electron chi connectivity index (χ3n) is 7.13. The molecule has 2 aliphatic rings. The van der Waals surface area contributed by atoms with Crippen LogP contribution in [0.15, 0.2) is 60.7 Å². The van der Waals surface area contributed by atoms with Gasteiger partial charge in [0.05, 0.1) is 0 Å². The van der Waals surface area contributed by atoms with Crippen LogP contribution in [0.2, 0.25) is 0 Å². The van der Waals surface area contributed by atoms with Crippen molar-refractivity contribution in [3.8, 4) is 0 Å². The topological polar surface area (TPSA) is 3.24 Å². The monoisotopic (exact) mass is 511 g/mol. The molecule has 0 spiro atoms. The van der Waals surface area contributed by atoms with Crippen molar-refractivity contribution in [3.63, 3.8) is 0 Å². The second-order valence-corrected chi connectivity index (χ2v) is 11.3. The molecule has 2 saturated carbocycles. The summed E-state index contributed by atoms with van der Waals surface area (Å²) in [6, 6.07) is 22.2. The summed E-state index contributed by atoms with van der Waals surface area (Å²) in [7, 11) is 3.78. The predicted molar refractivity (Wildman–Crippen MR) is 146 cm³/mol. The van der Waals surface area contributed by atoms with E-state index in [4.69, 9.17) is 0 Å². The Balaban J connectivity index is 0.000000314. The molecular formula is C31H38FeNP+2. The summed E-state index contributed by atoms with van der Waals surface area (Å²) in [6.07, 6.45) is 6.79. The fraction of sp³-hybridized carbons (Fsp3) is 0.290. The van der Waals surface area contributed by atoms with Gasteiger partial charge in [0, 0.05) is 17.6 Å². The Hall–Kier alpha value is -0.651. The van der Waals surface area contributed by atoms with Gasteiger partial charge in [-0.25, -0.2) is 0 Å². The Bertz CT molecular complexity index is 742. The third kappa shape index (κ3) is 6.76. The Morgan fingerprint density at radius 3 is 1.35 bits per heavy atom. The quantitative estimate of drug-likeness (QED) is 0.316.